The summed E-state index contributed by atoms with van der Waals surface area (Å²) in [7, 11) is 0. The van der Waals surface area contributed by atoms with Crippen molar-refractivity contribution in [3.05, 3.63) is 84.4 Å². The Bertz CT molecular complexity index is 1120. The van der Waals surface area contributed by atoms with Gasteiger partial charge in [-0.3, -0.25) is 0 Å². The molecule has 0 radical (unpaired) electrons. The minimum Gasteiger partial charge on any atom is -0.406 e. The third-order valence-electron chi connectivity index (χ3n) is 4.30. The van der Waals surface area contributed by atoms with E-state index in [0.717, 1.165) is 16.5 Å². The van der Waals surface area contributed by atoms with Crippen molar-refractivity contribution in [2.24, 2.45) is 0 Å². The summed E-state index contributed by atoms with van der Waals surface area (Å²) < 4.78 is 56.5. The molecule has 4 rings (SSSR count). The molecule has 0 saturated heterocycles. The third-order valence-corrected chi connectivity index (χ3v) is 4.30. The minimum atomic E-state index is -4.70. The first-order valence-corrected chi connectivity index (χ1v) is 8.49. The van der Waals surface area contributed by atoms with Crippen LogP contribution in [0.2, 0.25) is 0 Å². The maximum Gasteiger partial charge on any atom is 0.573 e. The van der Waals surface area contributed by atoms with E-state index >= 15 is 0 Å². The van der Waals surface area contributed by atoms with Gasteiger partial charge in [0.15, 0.2) is 18.9 Å². The number of fused-ring (bicyclic) bond motifs is 1. The number of rotatable bonds is 4. The fraction of sp³-hybridized carbons (Fsp3) is 0.0952. The predicted octanol–water partition coefficient (Wildman–Crippen LogP) is 5.21. The highest BCUT2D eigenvalue weighted by molar-refractivity contribution is 5.84. The number of hydrogen-bond donors (Lipinski definition) is 1. The average molecular weight is 387 g/mol. The third kappa shape index (κ3) is 3.98. The van der Waals surface area contributed by atoms with Gasteiger partial charge in [-0.05, 0) is 42.5 Å². The molecule has 28 heavy (non-hydrogen) atoms. The number of benzene rings is 2. The number of aromatic amines is 1. The van der Waals surface area contributed by atoms with Crippen LogP contribution in [-0.4, -0.2) is 11.3 Å². The van der Waals surface area contributed by atoms with Crippen molar-refractivity contribution in [2.45, 2.75) is 12.9 Å². The van der Waals surface area contributed by atoms with Crippen molar-refractivity contribution in [3.63, 3.8) is 0 Å². The summed E-state index contributed by atoms with van der Waals surface area (Å²) in [6.07, 6.45) is -0.952. The molecule has 1 N–H and O–H groups in total. The van der Waals surface area contributed by atoms with Crippen LogP contribution in [0.25, 0.3) is 22.2 Å². The summed E-state index contributed by atoms with van der Waals surface area (Å²) in [6, 6.07) is 16.0. The predicted molar refractivity (Wildman–Crippen MR) is 96.1 cm³/mol. The Morgan fingerprint density at radius 1 is 0.964 bits per heavy atom. The maximum atomic E-state index is 14.0. The topological polar surface area (TPSA) is 28.9 Å². The Balaban J connectivity index is 1.56. The summed E-state index contributed by atoms with van der Waals surface area (Å²) in [4.78, 5) is 3.20. The zero-order valence-corrected chi connectivity index (χ0v) is 14.5. The van der Waals surface area contributed by atoms with Gasteiger partial charge in [-0.1, -0.05) is 12.1 Å². The molecule has 142 valence electrons. The lowest BCUT2D eigenvalue weighted by molar-refractivity contribution is -0.687. The highest BCUT2D eigenvalue weighted by atomic mass is 19.4. The first-order valence-electron chi connectivity index (χ1n) is 8.49. The Kier molecular flexibility index (Phi) is 4.50. The van der Waals surface area contributed by atoms with Crippen LogP contribution in [0.1, 0.15) is 5.56 Å². The smallest absolute Gasteiger partial charge is 0.406 e. The van der Waals surface area contributed by atoms with Crippen molar-refractivity contribution >= 4 is 10.9 Å². The lowest BCUT2D eigenvalue weighted by Crippen LogP contribution is -2.33. The Morgan fingerprint density at radius 2 is 1.71 bits per heavy atom. The van der Waals surface area contributed by atoms with Crippen molar-refractivity contribution in [2.75, 3.05) is 0 Å². The Hall–Kier alpha value is -3.35. The van der Waals surface area contributed by atoms with Crippen LogP contribution in [0.4, 0.5) is 17.6 Å². The summed E-state index contributed by atoms with van der Waals surface area (Å²) in [5.74, 6) is -0.556. The van der Waals surface area contributed by atoms with E-state index in [9.17, 15) is 17.6 Å². The van der Waals surface area contributed by atoms with Gasteiger partial charge in [0, 0.05) is 22.9 Å². The maximum absolute atomic E-state index is 14.0. The number of alkyl halides is 3. The molecule has 2 heterocycles. The average Bonchev–Trinajstić information content (AvgIpc) is 3.05. The van der Waals surface area contributed by atoms with Gasteiger partial charge < -0.3 is 9.72 Å². The summed E-state index contributed by atoms with van der Waals surface area (Å²) in [5, 5.41) is 0.901. The number of ether oxygens (including phenoxy) is 1. The summed E-state index contributed by atoms with van der Waals surface area (Å²) >= 11 is 0. The van der Waals surface area contributed by atoms with Crippen molar-refractivity contribution < 1.29 is 26.9 Å². The normalized spacial score (nSPS) is 11.7. The molecule has 3 nitrogen and oxygen atoms in total. The Morgan fingerprint density at radius 3 is 2.43 bits per heavy atom. The first-order chi connectivity index (χ1) is 13.4. The van der Waals surface area contributed by atoms with E-state index in [4.69, 9.17) is 0 Å². The number of pyridine rings is 1. The number of halogens is 4. The van der Waals surface area contributed by atoms with Gasteiger partial charge in [-0.25, -0.2) is 8.96 Å². The van der Waals surface area contributed by atoms with E-state index in [-0.39, 0.29) is 11.6 Å². The van der Waals surface area contributed by atoms with Crippen molar-refractivity contribution in [1.82, 2.24) is 4.98 Å². The monoisotopic (exact) mass is 387 g/mol. The van der Waals surface area contributed by atoms with E-state index in [2.05, 4.69) is 9.72 Å². The van der Waals surface area contributed by atoms with E-state index in [1.54, 1.807) is 30.3 Å². The van der Waals surface area contributed by atoms with Crippen LogP contribution in [0.5, 0.6) is 5.75 Å². The molecule has 0 fully saturated rings. The first kappa shape index (κ1) is 18.0. The largest absolute Gasteiger partial charge is 0.573 e. The van der Waals surface area contributed by atoms with Crippen molar-refractivity contribution in [1.29, 1.82) is 0 Å². The van der Waals surface area contributed by atoms with Gasteiger partial charge in [0.25, 0.3) is 0 Å². The highest BCUT2D eigenvalue weighted by Crippen LogP contribution is 2.26. The van der Waals surface area contributed by atoms with E-state index < -0.39 is 6.36 Å². The molecular weight excluding hydrogens is 372 g/mol. The quantitative estimate of drug-likeness (QED) is 0.378. The molecule has 0 atom stereocenters. The van der Waals surface area contributed by atoms with Crippen molar-refractivity contribution in [3.8, 4) is 17.0 Å². The zero-order chi connectivity index (χ0) is 19.7. The standard InChI is InChI=1S/C21H14F4N2O/c22-18-4-2-1-3-17(18)20-11-15-13-27(10-9-19(15)26-20)12-14-5-7-16(8-6-14)28-21(23,24)25/h1-11,13H,12H2/p+1. The molecule has 0 aliphatic rings. The van der Waals surface area contributed by atoms with E-state index in [0.29, 0.717) is 17.8 Å². The highest BCUT2D eigenvalue weighted by Gasteiger charge is 2.31. The molecule has 2 aromatic heterocycles. The molecule has 0 aliphatic carbocycles. The Labute approximate surface area is 157 Å². The van der Waals surface area contributed by atoms with E-state index in [1.165, 1.54) is 18.2 Å². The minimum absolute atomic E-state index is 0.253. The van der Waals surface area contributed by atoms with Crippen LogP contribution >= 0.6 is 0 Å². The molecule has 0 aliphatic heterocycles. The van der Waals surface area contributed by atoms with Gasteiger partial charge in [0.2, 0.25) is 0 Å². The van der Waals surface area contributed by atoms with Crippen LogP contribution in [-0.2, 0) is 6.54 Å². The molecule has 7 heteroatoms. The fourth-order valence-corrected chi connectivity index (χ4v) is 3.05. The molecule has 0 amide bonds. The molecule has 4 aromatic rings. The number of nitrogens with one attached hydrogen (secondary N) is 1. The van der Waals surface area contributed by atoms with Gasteiger partial charge in [-0.15, -0.1) is 13.2 Å². The van der Waals surface area contributed by atoms with Crippen LogP contribution in [0.3, 0.4) is 0 Å². The lowest BCUT2D eigenvalue weighted by Gasteiger charge is -2.08. The zero-order valence-electron chi connectivity index (χ0n) is 14.5. The summed E-state index contributed by atoms with van der Waals surface area (Å²) in [5.41, 5.74) is 2.86. The van der Waals surface area contributed by atoms with Gasteiger partial charge in [-0.2, -0.15) is 0 Å². The van der Waals surface area contributed by atoms with Gasteiger partial charge in [0.05, 0.1) is 10.9 Å². The second-order valence-electron chi connectivity index (χ2n) is 6.34. The second-order valence-corrected chi connectivity index (χ2v) is 6.34. The SMILES string of the molecule is Fc1ccccc1-c1cc2c[n+](Cc3ccc(OC(F)(F)F)cc3)ccc2[nH]1. The number of hydrogen-bond acceptors (Lipinski definition) is 1. The number of H-pyrrole nitrogens is 1. The van der Waals surface area contributed by atoms with Crippen LogP contribution < -0.4 is 9.30 Å². The molecular formula is C21H15F4N2O+. The molecule has 0 spiro atoms. The number of nitrogens with zero attached hydrogens (tertiary/aromatic N) is 1. The van der Waals surface area contributed by atoms with Crippen LogP contribution in [0, 0.1) is 5.82 Å². The molecule has 0 saturated carbocycles. The van der Waals surface area contributed by atoms with Crippen LogP contribution in [0.15, 0.2) is 73.1 Å². The number of aromatic nitrogens is 2. The lowest BCUT2D eigenvalue weighted by atomic mass is 10.1. The van der Waals surface area contributed by atoms with Gasteiger partial charge in [0.1, 0.15) is 11.6 Å². The molecule has 2 aromatic carbocycles. The molecule has 0 bridgehead atoms. The van der Waals surface area contributed by atoms with E-state index in [1.807, 2.05) is 29.1 Å². The van der Waals surface area contributed by atoms with Gasteiger partial charge >= 0.3 is 6.36 Å². The summed E-state index contributed by atoms with van der Waals surface area (Å²) in [6.45, 7) is 0.475. The molecule has 0 unspecified atom stereocenters. The second kappa shape index (κ2) is 6.99. The fourth-order valence-electron chi connectivity index (χ4n) is 3.05.